The van der Waals surface area contributed by atoms with Crippen molar-refractivity contribution >= 4 is 23.2 Å². The van der Waals surface area contributed by atoms with Crippen LogP contribution >= 0.6 is 11.6 Å². The zero-order valence-electron chi connectivity index (χ0n) is 12.4. The highest BCUT2D eigenvalue weighted by Crippen LogP contribution is 2.27. The molecule has 4 nitrogen and oxygen atoms in total. The maximum atomic E-state index is 6.23. The van der Waals surface area contributed by atoms with E-state index in [0.717, 1.165) is 31.7 Å². The molecule has 108 valence electrons. The van der Waals surface area contributed by atoms with Crippen molar-refractivity contribution in [2.24, 2.45) is 11.8 Å². The summed E-state index contributed by atoms with van der Waals surface area (Å²) in [5.41, 5.74) is 5.76. The predicted molar refractivity (Wildman–Crippen MR) is 82.6 cm³/mol. The van der Waals surface area contributed by atoms with Crippen LogP contribution in [0.1, 0.15) is 40.5 Å². The van der Waals surface area contributed by atoms with Gasteiger partial charge < -0.3 is 10.6 Å². The van der Waals surface area contributed by atoms with Crippen LogP contribution in [0.2, 0.25) is 5.02 Å². The minimum atomic E-state index is 0.353. The summed E-state index contributed by atoms with van der Waals surface area (Å²) in [4.78, 5) is 10.4. The Hall–Kier alpha value is -1.03. The van der Waals surface area contributed by atoms with E-state index in [4.69, 9.17) is 17.3 Å². The number of rotatable bonds is 7. The summed E-state index contributed by atoms with van der Waals surface area (Å²) < 4.78 is 0. The Morgan fingerprint density at radius 2 is 1.63 bits per heavy atom. The van der Waals surface area contributed by atoms with Gasteiger partial charge in [-0.15, -0.1) is 0 Å². The second-order valence-corrected chi connectivity index (χ2v) is 6.13. The molecule has 0 spiro atoms. The van der Waals surface area contributed by atoms with Crippen LogP contribution in [-0.2, 0) is 0 Å². The van der Waals surface area contributed by atoms with Crippen LogP contribution in [0.4, 0.5) is 11.6 Å². The Morgan fingerprint density at radius 3 is 2.11 bits per heavy atom. The summed E-state index contributed by atoms with van der Waals surface area (Å²) in [6.07, 6.45) is 3.70. The summed E-state index contributed by atoms with van der Waals surface area (Å²) >= 11 is 6.23. The molecule has 0 amide bonds. The third kappa shape index (κ3) is 5.23. The molecule has 1 rings (SSSR count). The van der Waals surface area contributed by atoms with Crippen LogP contribution in [0.25, 0.3) is 0 Å². The Kier molecular flexibility index (Phi) is 6.35. The van der Waals surface area contributed by atoms with Crippen molar-refractivity contribution < 1.29 is 0 Å². The molecule has 1 aromatic rings. The van der Waals surface area contributed by atoms with Crippen molar-refractivity contribution in [1.82, 2.24) is 9.97 Å². The molecule has 0 unspecified atom stereocenters. The highest BCUT2D eigenvalue weighted by Gasteiger charge is 2.15. The van der Waals surface area contributed by atoms with Gasteiger partial charge in [-0.1, -0.05) is 39.3 Å². The van der Waals surface area contributed by atoms with Gasteiger partial charge in [0.1, 0.15) is 17.2 Å². The lowest BCUT2D eigenvalue weighted by atomic mass is 10.1. The second-order valence-electron chi connectivity index (χ2n) is 5.75. The minimum absolute atomic E-state index is 0.353. The van der Waals surface area contributed by atoms with Crippen molar-refractivity contribution in [3.05, 3.63) is 11.3 Å². The van der Waals surface area contributed by atoms with Gasteiger partial charge in [-0.3, -0.25) is 0 Å². The van der Waals surface area contributed by atoms with Crippen molar-refractivity contribution in [2.75, 3.05) is 23.7 Å². The largest absolute Gasteiger partial charge is 0.382 e. The lowest BCUT2D eigenvalue weighted by Crippen LogP contribution is -2.29. The van der Waals surface area contributed by atoms with Gasteiger partial charge >= 0.3 is 0 Å². The normalized spacial score (nSPS) is 11.3. The summed E-state index contributed by atoms with van der Waals surface area (Å²) in [6.45, 7) is 10.8. The van der Waals surface area contributed by atoms with Gasteiger partial charge in [-0.2, -0.15) is 0 Å². The maximum Gasteiger partial charge on any atom is 0.153 e. The zero-order chi connectivity index (χ0) is 14.4. The topological polar surface area (TPSA) is 55.0 Å². The van der Waals surface area contributed by atoms with Gasteiger partial charge in [-0.25, -0.2) is 9.97 Å². The quantitative estimate of drug-likeness (QED) is 0.831. The predicted octanol–water partition coefficient (Wildman–Crippen LogP) is 3.61. The van der Waals surface area contributed by atoms with Gasteiger partial charge in [0.15, 0.2) is 5.82 Å². The highest BCUT2D eigenvalue weighted by atomic mass is 35.5. The molecule has 0 aliphatic carbocycles. The summed E-state index contributed by atoms with van der Waals surface area (Å²) in [5.74, 6) is 2.42. The fourth-order valence-corrected chi connectivity index (χ4v) is 1.96. The monoisotopic (exact) mass is 284 g/mol. The van der Waals surface area contributed by atoms with Crippen LogP contribution in [0.5, 0.6) is 0 Å². The van der Waals surface area contributed by atoms with E-state index in [1.807, 2.05) is 0 Å². The van der Waals surface area contributed by atoms with Gasteiger partial charge in [0.25, 0.3) is 0 Å². The van der Waals surface area contributed by atoms with Crippen LogP contribution in [0.3, 0.4) is 0 Å². The number of halogens is 1. The number of anilines is 2. The van der Waals surface area contributed by atoms with Crippen molar-refractivity contribution in [3.8, 4) is 0 Å². The Bertz CT molecular complexity index is 381. The van der Waals surface area contributed by atoms with Crippen LogP contribution < -0.4 is 10.6 Å². The fraction of sp³-hybridized carbons (Fsp3) is 0.714. The van der Waals surface area contributed by atoms with E-state index >= 15 is 0 Å². The number of nitrogens with two attached hydrogens (primary N) is 1. The average Bonchev–Trinajstić information content (AvgIpc) is 2.33. The van der Waals surface area contributed by atoms with Crippen LogP contribution in [-0.4, -0.2) is 23.1 Å². The number of nitrogens with zero attached hydrogens (tertiary/aromatic N) is 3. The van der Waals surface area contributed by atoms with Gasteiger partial charge in [0.05, 0.1) is 0 Å². The number of nitrogen functional groups attached to an aromatic ring is 1. The van der Waals surface area contributed by atoms with Crippen molar-refractivity contribution in [1.29, 1.82) is 0 Å². The fourth-order valence-electron chi connectivity index (χ4n) is 1.75. The van der Waals surface area contributed by atoms with E-state index in [9.17, 15) is 0 Å². The third-order valence-corrected chi connectivity index (χ3v) is 3.41. The smallest absolute Gasteiger partial charge is 0.153 e. The lowest BCUT2D eigenvalue weighted by molar-refractivity contribution is 0.533. The first-order chi connectivity index (χ1) is 8.91. The van der Waals surface area contributed by atoms with E-state index in [1.54, 1.807) is 0 Å². The third-order valence-electron chi connectivity index (χ3n) is 3.05. The molecule has 2 N–H and O–H groups in total. The number of hydrogen-bond acceptors (Lipinski definition) is 4. The molecular weight excluding hydrogens is 260 g/mol. The van der Waals surface area contributed by atoms with Crippen LogP contribution in [0, 0.1) is 11.8 Å². The standard InChI is InChI=1S/C14H25ClN4/c1-10(2)5-7-19(8-6-11(3)4)14-12(15)13(16)17-9-18-14/h9-11H,5-8H2,1-4H3,(H2,16,17,18). The molecule has 0 atom stereocenters. The molecule has 1 heterocycles. The summed E-state index contributed by atoms with van der Waals surface area (Å²) in [6, 6.07) is 0. The summed E-state index contributed by atoms with van der Waals surface area (Å²) in [7, 11) is 0. The zero-order valence-corrected chi connectivity index (χ0v) is 13.1. The van der Waals surface area contributed by atoms with E-state index in [2.05, 4.69) is 42.6 Å². The number of hydrogen-bond donors (Lipinski definition) is 1. The molecule has 0 fully saturated rings. The van der Waals surface area contributed by atoms with Crippen molar-refractivity contribution in [3.63, 3.8) is 0 Å². The molecule has 19 heavy (non-hydrogen) atoms. The molecule has 0 aliphatic heterocycles. The summed E-state index contributed by atoms with van der Waals surface area (Å²) in [5, 5.41) is 0.468. The lowest BCUT2D eigenvalue weighted by Gasteiger charge is -2.26. The first kappa shape index (κ1) is 16.0. The highest BCUT2D eigenvalue weighted by molar-refractivity contribution is 6.35. The first-order valence-corrected chi connectivity index (χ1v) is 7.30. The number of aromatic nitrogens is 2. The molecule has 0 radical (unpaired) electrons. The van der Waals surface area contributed by atoms with Gasteiger partial charge in [0.2, 0.25) is 0 Å². The Balaban J connectivity index is 2.84. The minimum Gasteiger partial charge on any atom is -0.382 e. The molecule has 0 aliphatic rings. The molecule has 5 heteroatoms. The van der Waals surface area contributed by atoms with Crippen molar-refractivity contribution in [2.45, 2.75) is 40.5 Å². The van der Waals surface area contributed by atoms with E-state index < -0.39 is 0 Å². The van der Waals surface area contributed by atoms with Crippen LogP contribution in [0.15, 0.2) is 6.33 Å². The van der Waals surface area contributed by atoms with E-state index in [0.29, 0.717) is 22.7 Å². The SMILES string of the molecule is CC(C)CCN(CCC(C)C)c1ncnc(N)c1Cl. The van der Waals surface area contributed by atoms with E-state index in [1.165, 1.54) is 6.33 Å². The molecular formula is C14H25ClN4. The molecule has 0 bridgehead atoms. The Morgan fingerprint density at radius 1 is 1.11 bits per heavy atom. The van der Waals surface area contributed by atoms with Gasteiger partial charge in [-0.05, 0) is 24.7 Å². The molecule has 0 saturated heterocycles. The Labute approximate surface area is 121 Å². The average molecular weight is 285 g/mol. The first-order valence-electron chi connectivity index (χ1n) is 6.92. The van der Waals surface area contributed by atoms with Gasteiger partial charge in [0, 0.05) is 13.1 Å². The molecule has 1 aromatic heterocycles. The molecule has 0 saturated carbocycles. The van der Waals surface area contributed by atoms with E-state index in [-0.39, 0.29) is 0 Å². The maximum absolute atomic E-state index is 6.23. The molecule has 0 aromatic carbocycles. The second kappa shape index (κ2) is 7.53.